The average Bonchev–Trinajstić information content (AvgIpc) is 2.67. The Kier molecular flexibility index (Phi) is 7.68. The van der Waals surface area contributed by atoms with Crippen LogP contribution in [0.25, 0.3) is 0 Å². The lowest BCUT2D eigenvalue weighted by molar-refractivity contribution is -0.142. The van der Waals surface area contributed by atoms with Crippen LogP contribution in [0.2, 0.25) is 0 Å². The molecule has 150 valence electrons. The zero-order chi connectivity index (χ0) is 20.5. The molecule has 3 N–H and O–H groups in total. The summed E-state index contributed by atoms with van der Waals surface area (Å²) in [5.74, 6) is 0.0763. The molecule has 2 aromatic rings. The largest absolute Gasteiger partial charge is 0.495 e. The van der Waals surface area contributed by atoms with Gasteiger partial charge in [0.25, 0.3) is 0 Å². The van der Waals surface area contributed by atoms with Gasteiger partial charge in [0, 0.05) is 26.1 Å². The number of nitrogens with one attached hydrogen (secondary N) is 1. The van der Waals surface area contributed by atoms with E-state index in [0.717, 1.165) is 11.3 Å². The van der Waals surface area contributed by atoms with Crippen molar-refractivity contribution in [2.45, 2.75) is 26.8 Å². The molecule has 2 aromatic carbocycles. The summed E-state index contributed by atoms with van der Waals surface area (Å²) >= 11 is 0. The number of hydrogen-bond donors (Lipinski definition) is 2. The van der Waals surface area contributed by atoms with Crippen molar-refractivity contribution >= 4 is 28.9 Å². The standard InChI is InChI=1S/C21H27N3O4/c1-4-28-21(26)10-11-24(14-16-8-6-5-7-9-16)19-13-18(23-15(2)25)17(22)12-20(19)27-3/h5-9,12-13H,4,10-11,14,22H2,1-3H3,(H,23,25). The number of methoxy groups -OCH3 is 1. The number of carbonyl (C=O) groups excluding carboxylic acids is 2. The third-order valence-corrected chi connectivity index (χ3v) is 4.11. The Morgan fingerprint density at radius 1 is 1.18 bits per heavy atom. The highest BCUT2D eigenvalue weighted by atomic mass is 16.5. The molecule has 2 rings (SSSR count). The van der Waals surface area contributed by atoms with Crippen molar-refractivity contribution < 1.29 is 19.1 Å². The molecule has 7 nitrogen and oxygen atoms in total. The van der Waals surface area contributed by atoms with Crippen LogP contribution in [0.15, 0.2) is 42.5 Å². The lowest BCUT2D eigenvalue weighted by atomic mass is 10.1. The third-order valence-electron chi connectivity index (χ3n) is 4.11. The highest BCUT2D eigenvalue weighted by Crippen LogP contribution is 2.36. The second-order valence-electron chi connectivity index (χ2n) is 6.25. The number of carbonyl (C=O) groups is 2. The number of rotatable bonds is 9. The molecule has 0 saturated carbocycles. The van der Waals surface area contributed by atoms with Crippen LogP contribution in [0.5, 0.6) is 5.75 Å². The normalized spacial score (nSPS) is 10.2. The van der Waals surface area contributed by atoms with Gasteiger partial charge in [-0.3, -0.25) is 9.59 Å². The third kappa shape index (κ3) is 5.90. The molecule has 0 spiro atoms. The minimum Gasteiger partial charge on any atom is -0.495 e. The average molecular weight is 385 g/mol. The fourth-order valence-electron chi connectivity index (χ4n) is 2.84. The van der Waals surface area contributed by atoms with Crippen molar-refractivity contribution in [1.29, 1.82) is 0 Å². The van der Waals surface area contributed by atoms with Crippen molar-refractivity contribution in [3.05, 3.63) is 48.0 Å². The van der Waals surface area contributed by atoms with Crippen LogP contribution in [0, 0.1) is 0 Å². The van der Waals surface area contributed by atoms with E-state index >= 15 is 0 Å². The summed E-state index contributed by atoms with van der Waals surface area (Å²) in [6, 6.07) is 13.3. The summed E-state index contributed by atoms with van der Waals surface area (Å²) in [4.78, 5) is 25.4. The number of nitrogens with two attached hydrogens (primary N) is 1. The van der Waals surface area contributed by atoms with Gasteiger partial charge in [-0.15, -0.1) is 0 Å². The van der Waals surface area contributed by atoms with Crippen molar-refractivity contribution in [3.8, 4) is 5.75 Å². The van der Waals surface area contributed by atoms with Gasteiger partial charge in [0.05, 0.1) is 37.2 Å². The molecule has 0 aliphatic carbocycles. The number of anilines is 3. The molecule has 0 fully saturated rings. The van der Waals surface area contributed by atoms with Crippen molar-refractivity contribution in [2.24, 2.45) is 0 Å². The summed E-state index contributed by atoms with van der Waals surface area (Å²) in [5, 5.41) is 2.73. The minimum atomic E-state index is -0.267. The first-order valence-electron chi connectivity index (χ1n) is 9.14. The van der Waals surface area contributed by atoms with Crippen LogP contribution in [-0.2, 0) is 20.9 Å². The SMILES string of the molecule is CCOC(=O)CCN(Cc1ccccc1)c1cc(NC(C)=O)c(N)cc1OC. The summed E-state index contributed by atoms with van der Waals surface area (Å²) in [5.41, 5.74) is 8.75. The van der Waals surface area contributed by atoms with Crippen LogP contribution in [-0.4, -0.2) is 32.1 Å². The maximum absolute atomic E-state index is 11.9. The molecular weight excluding hydrogens is 358 g/mol. The number of nitrogen functional groups attached to an aromatic ring is 1. The topological polar surface area (TPSA) is 93.9 Å². The molecule has 7 heteroatoms. The van der Waals surface area contributed by atoms with Gasteiger partial charge >= 0.3 is 5.97 Å². The summed E-state index contributed by atoms with van der Waals surface area (Å²) in [7, 11) is 1.56. The first-order valence-corrected chi connectivity index (χ1v) is 9.14. The molecular formula is C21H27N3O4. The molecule has 0 atom stereocenters. The van der Waals surface area contributed by atoms with Crippen LogP contribution in [0.3, 0.4) is 0 Å². The Labute approximate surface area is 165 Å². The molecule has 0 radical (unpaired) electrons. The summed E-state index contributed by atoms with van der Waals surface area (Å²) in [6.07, 6.45) is 0.226. The second-order valence-corrected chi connectivity index (χ2v) is 6.25. The van der Waals surface area contributed by atoms with E-state index in [1.165, 1.54) is 6.92 Å². The predicted molar refractivity (Wildman–Crippen MR) is 110 cm³/mol. The highest BCUT2D eigenvalue weighted by molar-refractivity contribution is 5.94. The molecule has 1 amide bonds. The molecule has 0 bridgehead atoms. The summed E-state index contributed by atoms with van der Waals surface area (Å²) in [6.45, 7) is 4.52. The lowest BCUT2D eigenvalue weighted by Gasteiger charge is -2.27. The van der Waals surface area contributed by atoms with E-state index in [1.807, 2.05) is 35.2 Å². The van der Waals surface area contributed by atoms with E-state index in [4.69, 9.17) is 15.2 Å². The van der Waals surface area contributed by atoms with Gasteiger partial charge < -0.3 is 25.4 Å². The highest BCUT2D eigenvalue weighted by Gasteiger charge is 2.18. The number of amides is 1. The first-order chi connectivity index (χ1) is 13.4. The van der Waals surface area contributed by atoms with E-state index in [-0.39, 0.29) is 18.3 Å². The van der Waals surface area contributed by atoms with Gasteiger partial charge in [0.2, 0.25) is 5.91 Å². The molecule has 0 aliphatic heterocycles. The van der Waals surface area contributed by atoms with E-state index in [0.29, 0.717) is 36.8 Å². The number of ether oxygens (including phenoxy) is 2. The first kappa shape index (κ1) is 21.1. The Morgan fingerprint density at radius 3 is 2.50 bits per heavy atom. The van der Waals surface area contributed by atoms with Gasteiger partial charge in [-0.05, 0) is 18.6 Å². The molecule has 0 heterocycles. The van der Waals surface area contributed by atoms with Crippen LogP contribution in [0.1, 0.15) is 25.8 Å². The fraction of sp³-hybridized carbons (Fsp3) is 0.333. The Balaban J connectivity index is 2.39. The Morgan fingerprint density at radius 2 is 1.89 bits per heavy atom. The van der Waals surface area contributed by atoms with E-state index < -0.39 is 0 Å². The zero-order valence-corrected chi connectivity index (χ0v) is 16.5. The zero-order valence-electron chi connectivity index (χ0n) is 16.5. The maximum Gasteiger partial charge on any atom is 0.307 e. The molecule has 0 unspecified atom stereocenters. The Hall–Kier alpha value is -3.22. The minimum absolute atomic E-state index is 0.219. The smallest absolute Gasteiger partial charge is 0.307 e. The van der Waals surface area contributed by atoms with Gasteiger partial charge in [-0.2, -0.15) is 0 Å². The van der Waals surface area contributed by atoms with Gasteiger partial charge in [0.1, 0.15) is 5.75 Å². The molecule has 28 heavy (non-hydrogen) atoms. The van der Waals surface area contributed by atoms with E-state index in [1.54, 1.807) is 26.2 Å². The molecule has 0 aliphatic rings. The van der Waals surface area contributed by atoms with Crippen molar-refractivity contribution in [3.63, 3.8) is 0 Å². The quantitative estimate of drug-likeness (QED) is 0.509. The lowest BCUT2D eigenvalue weighted by Crippen LogP contribution is -2.27. The maximum atomic E-state index is 11.9. The van der Waals surface area contributed by atoms with Crippen molar-refractivity contribution in [1.82, 2.24) is 0 Å². The molecule has 0 saturated heterocycles. The second kappa shape index (κ2) is 10.2. The van der Waals surface area contributed by atoms with Gasteiger partial charge in [-0.1, -0.05) is 30.3 Å². The monoisotopic (exact) mass is 385 g/mol. The van der Waals surface area contributed by atoms with Gasteiger partial charge in [-0.25, -0.2) is 0 Å². The van der Waals surface area contributed by atoms with Gasteiger partial charge in [0.15, 0.2) is 0 Å². The van der Waals surface area contributed by atoms with E-state index in [9.17, 15) is 9.59 Å². The number of benzene rings is 2. The van der Waals surface area contributed by atoms with E-state index in [2.05, 4.69) is 5.32 Å². The predicted octanol–water partition coefficient (Wildman–Crippen LogP) is 3.20. The summed E-state index contributed by atoms with van der Waals surface area (Å²) < 4.78 is 10.6. The number of hydrogen-bond acceptors (Lipinski definition) is 6. The Bertz CT molecular complexity index is 809. The molecule has 0 aromatic heterocycles. The number of nitrogens with zero attached hydrogens (tertiary/aromatic N) is 1. The van der Waals surface area contributed by atoms with Crippen LogP contribution < -0.4 is 20.7 Å². The number of esters is 1. The van der Waals surface area contributed by atoms with Crippen LogP contribution >= 0.6 is 0 Å². The fourth-order valence-corrected chi connectivity index (χ4v) is 2.84. The van der Waals surface area contributed by atoms with Crippen molar-refractivity contribution in [2.75, 3.05) is 36.2 Å². The van der Waals surface area contributed by atoms with Crippen LogP contribution in [0.4, 0.5) is 17.1 Å².